The Bertz CT molecular complexity index is 561. The van der Waals surface area contributed by atoms with E-state index in [0.717, 1.165) is 25.7 Å². The Kier molecular flexibility index (Phi) is 3.99. The zero-order valence-corrected chi connectivity index (χ0v) is 13.4. The molecule has 0 spiro atoms. The van der Waals surface area contributed by atoms with Gasteiger partial charge in [0.15, 0.2) is 0 Å². The van der Waals surface area contributed by atoms with Crippen LogP contribution in [-0.2, 0) is 14.5 Å². The van der Waals surface area contributed by atoms with E-state index < -0.39 is 9.05 Å². The van der Waals surface area contributed by atoms with Gasteiger partial charge in [0, 0.05) is 16.1 Å². The second-order valence-corrected chi connectivity index (χ2v) is 8.72. The maximum atomic E-state index is 11.6. The van der Waals surface area contributed by atoms with Crippen LogP contribution in [0.1, 0.15) is 47.9 Å². The summed E-state index contributed by atoms with van der Waals surface area (Å²) >= 11 is 0. The zero-order valence-electron chi connectivity index (χ0n) is 11.8. The van der Waals surface area contributed by atoms with Crippen LogP contribution in [0.5, 0.6) is 0 Å². The molecule has 1 aromatic carbocycles. The largest absolute Gasteiger partial charge is 0.233 e. The van der Waals surface area contributed by atoms with Gasteiger partial charge in [-0.3, -0.25) is 0 Å². The first-order chi connectivity index (χ1) is 8.73. The summed E-state index contributed by atoms with van der Waals surface area (Å²) in [5, 5.41) is 0. The molecule has 0 aromatic heterocycles. The van der Waals surface area contributed by atoms with Crippen LogP contribution in [-0.4, -0.2) is 14.2 Å². The fraction of sp³-hybridized carbons (Fsp3) is 0.600. The predicted octanol–water partition coefficient (Wildman–Crippen LogP) is 3.99. The summed E-state index contributed by atoms with van der Waals surface area (Å²) in [6, 6.07) is 4.28. The van der Waals surface area contributed by atoms with E-state index in [1.807, 2.05) is 0 Å². The Morgan fingerprint density at radius 3 is 2.00 bits per heavy atom. The smallest absolute Gasteiger partial charge is 0.212 e. The molecule has 0 N–H and O–H groups in total. The number of hydrogen-bond acceptors (Lipinski definition) is 2. The molecule has 0 radical (unpaired) electrons. The van der Waals surface area contributed by atoms with Crippen molar-refractivity contribution in [2.24, 2.45) is 0 Å². The average molecular weight is 301 g/mol. The van der Waals surface area contributed by atoms with E-state index in [1.165, 1.54) is 22.3 Å². The van der Waals surface area contributed by atoms with E-state index in [1.54, 1.807) is 0 Å². The van der Waals surface area contributed by atoms with E-state index >= 15 is 0 Å². The van der Waals surface area contributed by atoms with Gasteiger partial charge in [0.2, 0.25) is 9.05 Å². The fourth-order valence-corrected chi connectivity index (χ4v) is 5.58. The van der Waals surface area contributed by atoms with Crippen LogP contribution in [0, 0.1) is 20.8 Å². The van der Waals surface area contributed by atoms with Crippen molar-refractivity contribution in [3.8, 4) is 0 Å². The van der Waals surface area contributed by atoms with Gasteiger partial charge >= 0.3 is 0 Å². The van der Waals surface area contributed by atoms with E-state index in [2.05, 4.69) is 32.9 Å². The van der Waals surface area contributed by atoms with Gasteiger partial charge < -0.3 is 0 Å². The first-order valence-corrected chi connectivity index (χ1v) is 9.22. The van der Waals surface area contributed by atoms with Crippen LogP contribution >= 0.6 is 10.7 Å². The Labute approximate surface area is 120 Å². The standard InChI is InChI=1S/C15H21ClO2S/c1-11-8-12(2)14(13(3)9-11)15(6-4-5-7-15)10-19(16,17)18/h8-9H,4-7,10H2,1-3H3. The lowest BCUT2D eigenvalue weighted by Gasteiger charge is -2.32. The molecule has 0 atom stereocenters. The summed E-state index contributed by atoms with van der Waals surface area (Å²) in [6.45, 7) is 6.23. The van der Waals surface area contributed by atoms with Crippen molar-refractivity contribution in [3.05, 3.63) is 34.4 Å². The molecule has 0 aliphatic heterocycles. The summed E-state index contributed by atoms with van der Waals surface area (Å²) in [5.41, 5.74) is 4.54. The van der Waals surface area contributed by atoms with Crippen molar-refractivity contribution in [1.29, 1.82) is 0 Å². The van der Waals surface area contributed by atoms with Crippen molar-refractivity contribution in [3.63, 3.8) is 0 Å². The van der Waals surface area contributed by atoms with Gasteiger partial charge in [-0.2, -0.15) is 0 Å². The Morgan fingerprint density at radius 2 is 1.58 bits per heavy atom. The Balaban J connectivity index is 2.57. The summed E-state index contributed by atoms with van der Waals surface area (Å²) in [6.07, 6.45) is 4.01. The fourth-order valence-electron chi connectivity index (χ4n) is 3.86. The van der Waals surface area contributed by atoms with E-state index in [9.17, 15) is 8.42 Å². The third-order valence-electron chi connectivity index (χ3n) is 4.22. The molecule has 2 rings (SSSR count). The van der Waals surface area contributed by atoms with E-state index in [-0.39, 0.29) is 11.2 Å². The van der Waals surface area contributed by atoms with Crippen molar-refractivity contribution >= 4 is 19.7 Å². The lowest BCUT2D eigenvalue weighted by atomic mass is 9.76. The van der Waals surface area contributed by atoms with Crippen LogP contribution in [0.2, 0.25) is 0 Å². The maximum Gasteiger partial charge on any atom is 0.233 e. The van der Waals surface area contributed by atoms with Crippen molar-refractivity contribution in [1.82, 2.24) is 0 Å². The Hall–Kier alpha value is -0.540. The minimum Gasteiger partial charge on any atom is -0.212 e. The lowest BCUT2D eigenvalue weighted by molar-refractivity contribution is 0.480. The van der Waals surface area contributed by atoms with Crippen LogP contribution < -0.4 is 0 Å². The average Bonchev–Trinajstić information content (AvgIpc) is 2.61. The second-order valence-electron chi connectivity index (χ2n) is 5.94. The van der Waals surface area contributed by atoms with Gasteiger partial charge in [-0.15, -0.1) is 0 Å². The van der Waals surface area contributed by atoms with Crippen LogP contribution in [0.15, 0.2) is 12.1 Å². The van der Waals surface area contributed by atoms with Gasteiger partial charge in [0.1, 0.15) is 0 Å². The second kappa shape index (κ2) is 5.10. The summed E-state index contributed by atoms with van der Waals surface area (Å²) in [7, 11) is 2.08. The van der Waals surface area contributed by atoms with Crippen LogP contribution in [0.25, 0.3) is 0 Å². The number of benzene rings is 1. The highest BCUT2D eigenvalue weighted by molar-refractivity contribution is 8.13. The molecule has 1 aliphatic carbocycles. The summed E-state index contributed by atoms with van der Waals surface area (Å²) in [5.74, 6) is 0.0618. The normalized spacial score (nSPS) is 18.7. The van der Waals surface area contributed by atoms with Gasteiger partial charge in [-0.25, -0.2) is 8.42 Å². The molecule has 1 fully saturated rings. The molecule has 106 valence electrons. The molecule has 1 aromatic rings. The van der Waals surface area contributed by atoms with E-state index in [4.69, 9.17) is 10.7 Å². The number of halogens is 1. The molecular formula is C15H21ClO2S. The maximum absolute atomic E-state index is 11.6. The molecular weight excluding hydrogens is 280 g/mol. The van der Waals surface area contributed by atoms with Gasteiger partial charge in [0.05, 0.1) is 5.75 Å². The molecule has 0 bridgehead atoms. The molecule has 1 saturated carbocycles. The van der Waals surface area contributed by atoms with Crippen LogP contribution in [0.3, 0.4) is 0 Å². The van der Waals surface area contributed by atoms with Crippen molar-refractivity contribution in [2.75, 3.05) is 5.75 Å². The predicted molar refractivity (Wildman–Crippen MR) is 80.4 cm³/mol. The topological polar surface area (TPSA) is 34.1 Å². The van der Waals surface area contributed by atoms with Crippen molar-refractivity contribution in [2.45, 2.75) is 51.9 Å². The monoisotopic (exact) mass is 300 g/mol. The third kappa shape index (κ3) is 3.14. The number of hydrogen-bond donors (Lipinski definition) is 0. The highest BCUT2D eigenvalue weighted by atomic mass is 35.7. The quantitative estimate of drug-likeness (QED) is 0.791. The van der Waals surface area contributed by atoms with Crippen LogP contribution in [0.4, 0.5) is 0 Å². The highest BCUT2D eigenvalue weighted by Crippen LogP contribution is 2.45. The molecule has 1 aliphatic rings. The summed E-state index contributed by atoms with van der Waals surface area (Å²) < 4.78 is 23.2. The molecule has 0 unspecified atom stereocenters. The highest BCUT2D eigenvalue weighted by Gasteiger charge is 2.41. The number of aryl methyl sites for hydroxylation is 3. The summed E-state index contributed by atoms with van der Waals surface area (Å²) in [4.78, 5) is 0. The molecule has 19 heavy (non-hydrogen) atoms. The van der Waals surface area contributed by atoms with Gasteiger partial charge in [0.25, 0.3) is 0 Å². The minimum absolute atomic E-state index is 0.0618. The van der Waals surface area contributed by atoms with E-state index in [0.29, 0.717) is 0 Å². The lowest BCUT2D eigenvalue weighted by Crippen LogP contribution is -2.32. The van der Waals surface area contributed by atoms with Gasteiger partial charge in [-0.05, 0) is 50.3 Å². The molecule has 0 heterocycles. The van der Waals surface area contributed by atoms with Crippen molar-refractivity contribution < 1.29 is 8.42 Å². The first kappa shape index (κ1) is 14.9. The molecule has 2 nitrogen and oxygen atoms in total. The van der Waals surface area contributed by atoms with Gasteiger partial charge in [-0.1, -0.05) is 30.5 Å². The third-order valence-corrected chi connectivity index (χ3v) is 5.44. The Morgan fingerprint density at radius 1 is 1.11 bits per heavy atom. The number of rotatable bonds is 3. The SMILES string of the molecule is Cc1cc(C)c(C2(CS(=O)(=O)Cl)CCCC2)c(C)c1. The zero-order chi connectivity index (χ0) is 14.3. The minimum atomic E-state index is -3.49. The molecule has 4 heteroatoms. The first-order valence-electron chi connectivity index (χ1n) is 6.74. The molecule has 0 saturated heterocycles. The molecule has 0 amide bonds.